The third kappa shape index (κ3) is 2.79. The highest BCUT2D eigenvalue weighted by atomic mass is 79.9. The number of hydrogen-bond donors (Lipinski definition) is 0. The molecular formula is C16H9BrN2S3. The minimum atomic E-state index is 0.978. The maximum atomic E-state index is 4.73. The Morgan fingerprint density at radius 3 is 2.14 bits per heavy atom. The molecule has 0 bridgehead atoms. The van der Waals surface area contributed by atoms with Crippen molar-refractivity contribution in [2.45, 2.75) is 0 Å². The minimum Gasteiger partial charge on any atom is -0.233 e. The molecule has 0 N–H and O–H groups in total. The topological polar surface area (TPSA) is 25.8 Å². The zero-order valence-corrected chi connectivity index (χ0v) is 15.2. The molecule has 0 aliphatic carbocycles. The summed E-state index contributed by atoms with van der Waals surface area (Å²) in [4.78, 5) is 10.6. The van der Waals surface area contributed by atoms with Gasteiger partial charge in [-0.15, -0.1) is 34.0 Å². The van der Waals surface area contributed by atoms with Crippen molar-refractivity contribution in [3.63, 3.8) is 0 Å². The van der Waals surface area contributed by atoms with Gasteiger partial charge >= 0.3 is 0 Å². The van der Waals surface area contributed by atoms with Crippen LogP contribution in [0.3, 0.4) is 0 Å². The van der Waals surface area contributed by atoms with E-state index in [1.807, 2.05) is 18.2 Å². The molecule has 4 rings (SSSR count). The van der Waals surface area contributed by atoms with Crippen molar-refractivity contribution in [3.8, 4) is 31.8 Å². The summed E-state index contributed by atoms with van der Waals surface area (Å²) >= 11 is 8.48. The summed E-state index contributed by atoms with van der Waals surface area (Å²) in [6, 6.07) is 14.4. The molecule has 22 heavy (non-hydrogen) atoms. The van der Waals surface area contributed by atoms with E-state index in [9.17, 15) is 0 Å². The molecule has 0 saturated carbocycles. The van der Waals surface area contributed by atoms with Gasteiger partial charge in [-0.3, -0.25) is 0 Å². The van der Waals surface area contributed by atoms with Crippen molar-refractivity contribution in [3.05, 3.63) is 57.0 Å². The predicted molar refractivity (Wildman–Crippen MR) is 99.7 cm³/mol. The van der Waals surface area contributed by atoms with Crippen LogP contribution in [0.4, 0.5) is 0 Å². The lowest BCUT2D eigenvalue weighted by Crippen LogP contribution is -1.79. The van der Waals surface area contributed by atoms with E-state index < -0.39 is 0 Å². The summed E-state index contributed by atoms with van der Waals surface area (Å²) in [7, 11) is 0. The molecule has 3 heterocycles. The van der Waals surface area contributed by atoms with E-state index >= 15 is 0 Å². The van der Waals surface area contributed by atoms with E-state index in [4.69, 9.17) is 9.97 Å². The number of rotatable bonds is 3. The highest BCUT2D eigenvalue weighted by molar-refractivity contribution is 9.11. The summed E-state index contributed by atoms with van der Waals surface area (Å²) in [6.45, 7) is 0. The number of thiophene rings is 1. The first-order chi connectivity index (χ1) is 10.8. The van der Waals surface area contributed by atoms with E-state index in [2.05, 4.69) is 51.0 Å². The number of halogens is 1. The van der Waals surface area contributed by atoms with Crippen LogP contribution in [0.1, 0.15) is 0 Å². The van der Waals surface area contributed by atoms with E-state index in [1.54, 1.807) is 34.0 Å². The fourth-order valence-electron chi connectivity index (χ4n) is 2.05. The normalized spacial score (nSPS) is 11.0. The van der Waals surface area contributed by atoms with Gasteiger partial charge in [0.25, 0.3) is 0 Å². The predicted octanol–water partition coefficient (Wildman–Crippen LogP) is 6.42. The average molecular weight is 405 g/mol. The SMILES string of the molecule is Brc1ccc(-c2csc(-c3nc(-c4ccccc4)cs3)n2)s1. The first-order valence-corrected chi connectivity index (χ1v) is 9.89. The lowest BCUT2D eigenvalue weighted by atomic mass is 10.2. The van der Waals surface area contributed by atoms with Crippen LogP contribution in [0.25, 0.3) is 31.8 Å². The Kier molecular flexibility index (Phi) is 3.92. The van der Waals surface area contributed by atoms with Crippen LogP contribution >= 0.6 is 49.9 Å². The van der Waals surface area contributed by atoms with Crippen LogP contribution in [0.5, 0.6) is 0 Å². The summed E-state index contributed by atoms with van der Waals surface area (Å²) in [5.41, 5.74) is 3.17. The molecule has 0 aliphatic rings. The van der Waals surface area contributed by atoms with Gasteiger partial charge < -0.3 is 0 Å². The van der Waals surface area contributed by atoms with Gasteiger partial charge in [-0.2, -0.15) is 0 Å². The molecule has 0 saturated heterocycles. The quantitative estimate of drug-likeness (QED) is 0.393. The summed E-state index contributed by atoms with van der Waals surface area (Å²) < 4.78 is 1.12. The van der Waals surface area contributed by atoms with Gasteiger partial charge in [-0.1, -0.05) is 30.3 Å². The molecule has 0 radical (unpaired) electrons. The van der Waals surface area contributed by atoms with Gasteiger partial charge in [0, 0.05) is 16.3 Å². The van der Waals surface area contributed by atoms with Gasteiger partial charge in [0.1, 0.15) is 0 Å². The molecule has 0 unspecified atom stereocenters. The third-order valence-corrected chi connectivity index (χ3v) is 6.56. The van der Waals surface area contributed by atoms with Gasteiger partial charge in [-0.25, -0.2) is 9.97 Å². The number of nitrogens with zero attached hydrogens (tertiary/aromatic N) is 2. The van der Waals surface area contributed by atoms with Crippen LogP contribution in [0.15, 0.2) is 57.0 Å². The number of hydrogen-bond acceptors (Lipinski definition) is 5. The van der Waals surface area contributed by atoms with Crippen molar-refractivity contribution in [1.82, 2.24) is 9.97 Å². The van der Waals surface area contributed by atoms with E-state index in [1.165, 1.54) is 4.88 Å². The smallest absolute Gasteiger partial charge is 0.152 e. The fraction of sp³-hybridized carbons (Fsp3) is 0. The molecule has 0 atom stereocenters. The Bertz CT molecular complexity index is 908. The molecular weight excluding hydrogens is 396 g/mol. The highest BCUT2D eigenvalue weighted by Gasteiger charge is 2.12. The molecule has 0 aliphatic heterocycles. The number of aromatic nitrogens is 2. The average Bonchev–Trinajstić information content (AvgIpc) is 3.27. The van der Waals surface area contributed by atoms with Gasteiger partial charge in [0.05, 0.1) is 20.1 Å². The van der Waals surface area contributed by atoms with E-state index in [-0.39, 0.29) is 0 Å². The molecule has 0 amide bonds. The minimum absolute atomic E-state index is 0.978. The Hall–Kier alpha value is -1.34. The van der Waals surface area contributed by atoms with Gasteiger partial charge in [0.15, 0.2) is 10.0 Å². The first kappa shape index (κ1) is 14.3. The van der Waals surface area contributed by atoms with Crippen molar-refractivity contribution in [1.29, 1.82) is 0 Å². The van der Waals surface area contributed by atoms with E-state index in [0.717, 1.165) is 30.8 Å². The maximum Gasteiger partial charge on any atom is 0.152 e. The van der Waals surface area contributed by atoms with Crippen LogP contribution in [0, 0.1) is 0 Å². The lowest BCUT2D eigenvalue weighted by Gasteiger charge is -1.93. The molecule has 6 heteroatoms. The van der Waals surface area contributed by atoms with Crippen molar-refractivity contribution in [2.75, 3.05) is 0 Å². The molecule has 4 aromatic rings. The van der Waals surface area contributed by atoms with Crippen LogP contribution < -0.4 is 0 Å². The van der Waals surface area contributed by atoms with E-state index in [0.29, 0.717) is 0 Å². The van der Waals surface area contributed by atoms with Crippen molar-refractivity contribution < 1.29 is 0 Å². The molecule has 0 spiro atoms. The number of thiazole rings is 2. The van der Waals surface area contributed by atoms with Crippen LogP contribution in [-0.2, 0) is 0 Å². The molecule has 1 aromatic carbocycles. The maximum absolute atomic E-state index is 4.73. The lowest BCUT2D eigenvalue weighted by molar-refractivity contribution is 1.36. The first-order valence-electron chi connectivity index (χ1n) is 6.52. The van der Waals surface area contributed by atoms with Crippen molar-refractivity contribution in [2.24, 2.45) is 0 Å². The highest BCUT2D eigenvalue weighted by Crippen LogP contribution is 2.36. The summed E-state index contributed by atoms with van der Waals surface area (Å²) in [5, 5.41) is 6.14. The van der Waals surface area contributed by atoms with Crippen LogP contribution in [0.2, 0.25) is 0 Å². The molecule has 108 valence electrons. The molecule has 2 nitrogen and oxygen atoms in total. The Balaban J connectivity index is 1.66. The van der Waals surface area contributed by atoms with Crippen LogP contribution in [-0.4, -0.2) is 9.97 Å². The second kappa shape index (κ2) is 6.04. The second-order valence-corrected chi connectivity index (χ2v) is 8.72. The van der Waals surface area contributed by atoms with Gasteiger partial charge in [-0.05, 0) is 28.1 Å². The Labute approximate surface area is 148 Å². The largest absolute Gasteiger partial charge is 0.233 e. The zero-order chi connectivity index (χ0) is 14.9. The third-order valence-electron chi connectivity index (χ3n) is 3.09. The Morgan fingerprint density at radius 2 is 1.45 bits per heavy atom. The zero-order valence-electron chi connectivity index (χ0n) is 11.2. The Morgan fingerprint density at radius 1 is 0.773 bits per heavy atom. The fourth-order valence-corrected chi connectivity index (χ4v) is 5.17. The van der Waals surface area contributed by atoms with Crippen molar-refractivity contribution >= 4 is 49.9 Å². The monoisotopic (exact) mass is 404 g/mol. The summed E-state index contributed by atoms with van der Waals surface area (Å²) in [6.07, 6.45) is 0. The number of benzene rings is 1. The molecule has 3 aromatic heterocycles. The van der Waals surface area contributed by atoms with Gasteiger partial charge in [0.2, 0.25) is 0 Å². The standard InChI is InChI=1S/C16H9BrN2S3/c17-14-7-6-13(22-14)12-9-21-16(19-12)15-18-11(8-20-15)10-4-2-1-3-5-10/h1-9H. The summed E-state index contributed by atoms with van der Waals surface area (Å²) in [5.74, 6) is 0. The second-order valence-electron chi connectivity index (χ2n) is 4.55. The molecule has 0 fully saturated rings.